The molecule has 0 amide bonds. The van der Waals surface area contributed by atoms with Crippen molar-refractivity contribution in [3.63, 3.8) is 0 Å². The van der Waals surface area contributed by atoms with E-state index in [1.807, 2.05) is 30.3 Å². The Hall–Kier alpha value is -1.33. The van der Waals surface area contributed by atoms with Crippen LogP contribution in [0.5, 0.6) is 0 Å². The summed E-state index contributed by atoms with van der Waals surface area (Å²) in [7, 11) is 0. The lowest BCUT2D eigenvalue weighted by Crippen LogP contribution is -2.28. The Morgan fingerprint density at radius 3 is 2.70 bits per heavy atom. The van der Waals surface area contributed by atoms with Crippen LogP contribution < -0.4 is 5.48 Å². The predicted octanol–water partition coefficient (Wildman–Crippen LogP) is 3.14. The van der Waals surface area contributed by atoms with E-state index in [9.17, 15) is 4.79 Å². The molecule has 0 atom stereocenters. The Morgan fingerprint density at radius 2 is 2.00 bits per heavy atom. The molecule has 4 nitrogen and oxygen atoms in total. The van der Waals surface area contributed by atoms with Gasteiger partial charge in [-0.05, 0) is 18.4 Å². The summed E-state index contributed by atoms with van der Waals surface area (Å²) in [6.45, 7) is 0.274. The first-order chi connectivity index (χ1) is 9.75. The smallest absolute Gasteiger partial charge is 0.327 e. The molecule has 0 heterocycles. The van der Waals surface area contributed by atoms with Crippen molar-refractivity contribution in [2.24, 2.45) is 5.92 Å². The molecule has 0 bridgehead atoms. The number of carbonyl (C=O) groups is 1. The molecule has 0 aromatic heterocycles. The highest BCUT2D eigenvalue weighted by Crippen LogP contribution is 2.25. The molecular weight excluding hydrogens is 272 g/mol. The predicted molar refractivity (Wildman–Crippen MR) is 81.5 cm³/mol. The minimum atomic E-state index is -0.177. The standard InChI is InChI=1S/C15H20N2O2S/c16-14(20-11-12-6-2-1-3-7-12)10-17-19-15(18)13-8-4-5-9-13/h1-3,6-7,13,16-17H,4-5,8-11H2. The molecule has 1 aliphatic carbocycles. The number of carbonyl (C=O) groups excluding carboxylic acids is 1. The highest BCUT2D eigenvalue weighted by Gasteiger charge is 2.24. The van der Waals surface area contributed by atoms with Gasteiger partial charge >= 0.3 is 5.97 Å². The summed E-state index contributed by atoms with van der Waals surface area (Å²) in [5.74, 6) is 0.634. The number of rotatable bonds is 6. The molecule has 0 radical (unpaired) electrons. The third-order valence-corrected chi connectivity index (χ3v) is 4.32. The highest BCUT2D eigenvalue weighted by molar-refractivity contribution is 8.13. The van der Waals surface area contributed by atoms with E-state index in [0.29, 0.717) is 5.04 Å². The quantitative estimate of drug-likeness (QED) is 0.480. The molecule has 2 rings (SSSR count). The van der Waals surface area contributed by atoms with E-state index in [0.717, 1.165) is 31.4 Å². The van der Waals surface area contributed by atoms with E-state index < -0.39 is 0 Å². The molecule has 108 valence electrons. The lowest BCUT2D eigenvalue weighted by molar-refractivity contribution is -0.155. The van der Waals surface area contributed by atoms with Crippen molar-refractivity contribution in [3.8, 4) is 0 Å². The minimum Gasteiger partial charge on any atom is -0.370 e. The van der Waals surface area contributed by atoms with E-state index in [4.69, 9.17) is 10.2 Å². The van der Waals surface area contributed by atoms with Gasteiger partial charge in [-0.15, -0.1) is 17.2 Å². The van der Waals surface area contributed by atoms with Gasteiger partial charge in [0.1, 0.15) is 0 Å². The third-order valence-electron chi connectivity index (χ3n) is 3.35. The molecule has 1 aromatic carbocycles. The molecule has 2 N–H and O–H groups in total. The molecule has 20 heavy (non-hydrogen) atoms. The van der Waals surface area contributed by atoms with E-state index >= 15 is 0 Å². The maximum Gasteiger partial charge on any atom is 0.327 e. The SMILES string of the molecule is N=C(CNOC(=O)C1CCCC1)SCc1ccccc1. The second-order valence-electron chi connectivity index (χ2n) is 4.92. The second kappa shape index (κ2) is 8.07. The number of nitrogens with one attached hydrogen (secondary N) is 2. The number of hydrogen-bond acceptors (Lipinski definition) is 5. The monoisotopic (exact) mass is 292 g/mol. The first-order valence-electron chi connectivity index (χ1n) is 6.93. The zero-order valence-corrected chi connectivity index (χ0v) is 12.2. The highest BCUT2D eigenvalue weighted by atomic mass is 32.2. The summed E-state index contributed by atoms with van der Waals surface area (Å²) in [6.07, 6.45) is 4.09. The molecule has 1 aliphatic rings. The van der Waals surface area contributed by atoms with Gasteiger partial charge in [0.2, 0.25) is 0 Å². The van der Waals surface area contributed by atoms with Gasteiger partial charge in [-0.25, -0.2) is 0 Å². The fraction of sp³-hybridized carbons (Fsp3) is 0.467. The molecule has 0 unspecified atom stereocenters. The Morgan fingerprint density at radius 1 is 1.30 bits per heavy atom. The van der Waals surface area contributed by atoms with Crippen molar-refractivity contribution in [1.29, 1.82) is 5.41 Å². The van der Waals surface area contributed by atoms with Crippen molar-refractivity contribution in [2.45, 2.75) is 31.4 Å². The average Bonchev–Trinajstić information content (AvgIpc) is 3.00. The zero-order chi connectivity index (χ0) is 14.2. The van der Waals surface area contributed by atoms with Gasteiger partial charge in [0, 0.05) is 5.75 Å². The lowest BCUT2D eigenvalue weighted by Gasteiger charge is -2.10. The number of hydroxylamine groups is 1. The summed E-state index contributed by atoms with van der Waals surface area (Å²) < 4.78 is 0. The van der Waals surface area contributed by atoms with E-state index in [2.05, 4.69) is 5.48 Å². The largest absolute Gasteiger partial charge is 0.370 e. The summed E-state index contributed by atoms with van der Waals surface area (Å²) in [6, 6.07) is 10.0. The zero-order valence-electron chi connectivity index (χ0n) is 11.4. The van der Waals surface area contributed by atoms with Gasteiger partial charge in [0.25, 0.3) is 0 Å². The van der Waals surface area contributed by atoms with E-state index in [1.165, 1.54) is 17.3 Å². The normalized spacial score (nSPS) is 15.2. The lowest BCUT2D eigenvalue weighted by atomic mass is 10.1. The van der Waals surface area contributed by atoms with Gasteiger partial charge < -0.3 is 4.84 Å². The van der Waals surface area contributed by atoms with Gasteiger partial charge in [0.15, 0.2) is 0 Å². The number of benzene rings is 1. The van der Waals surface area contributed by atoms with Crippen molar-refractivity contribution in [1.82, 2.24) is 5.48 Å². The van der Waals surface area contributed by atoms with E-state index in [1.54, 1.807) is 0 Å². The number of thioether (sulfide) groups is 1. The fourth-order valence-electron chi connectivity index (χ4n) is 2.21. The van der Waals surface area contributed by atoms with Crippen LogP contribution in [0.1, 0.15) is 31.2 Å². The maximum atomic E-state index is 11.6. The van der Waals surface area contributed by atoms with Crippen LogP contribution in [0.2, 0.25) is 0 Å². The molecule has 1 fully saturated rings. The first-order valence-corrected chi connectivity index (χ1v) is 7.92. The van der Waals surface area contributed by atoms with Gasteiger partial charge in [-0.2, -0.15) is 0 Å². The third kappa shape index (κ3) is 4.98. The summed E-state index contributed by atoms with van der Waals surface area (Å²) in [5, 5.41) is 8.27. The van der Waals surface area contributed by atoms with Crippen LogP contribution in [0.4, 0.5) is 0 Å². The number of hydrogen-bond donors (Lipinski definition) is 2. The Bertz CT molecular complexity index is 444. The average molecular weight is 292 g/mol. The molecule has 1 saturated carbocycles. The van der Waals surface area contributed by atoms with Crippen molar-refractivity contribution in [3.05, 3.63) is 35.9 Å². The van der Waals surface area contributed by atoms with Crippen LogP contribution in [0, 0.1) is 11.3 Å². The van der Waals surface area contributed by atoms with Crippen LogP contribution in [0.15, 0.2) is 30.3 Å². The second-order valence-corrected chi connectivity index (χ2v) is 5.99. The molecule has 0 spiro atoms. The van der Waals surface area contributed by atoms with Gasteiger partial charge in [-0.1, -0.05) is 43.2 Å². The topological polar surface area (TPSA) is 62.2 Å². The van der Waals surface area contributed by atoms with Gasteiger partial charge in [0.05, 0.1) is 17.5 Å². The van der Waals surface area contributed by atoms with Crippen LogP contribution in [0.25, 0.3) is 0 Å². The molecule has 0 saturated heterocycles. The fourth-order valence-corrected chi connectivity index (χ4v) is 2.91. The maximum absolute atomic E-state index is 11.6. The Labute approximate surface area is 123 Å². The molecular formula is C15H20N2O2S. The van der Waals surface area contributed by atoms with Crippen LogP contribution in [-0.2, 0) is 15.4 Å². The first kappa shape index (κ1) is 15.1. The van der Waals surface area contributed by atoms with Crippen LogP contribution in [0.3, 0.4) is 0 Å². The Kier molecular flexibility index (Phi) is 6.08. The van der Waals surface area contributed by atoms with Crippen LogP contribution in [-0.4, -0.2) is 17.6 Å². The van der Waals surface area contributed by atoms with Crippen LogP contribution >= 0.6 is 11.8 Å². The minimum absolute atomic E-state index is 0.0497. The van der Waals surface area contributed by atoms with Crippen molar-refractivity contribution >= 4 is 22.8 Å². The van der Waals surface area contributed by atoms with Crippen molar-refractivity contribution in [2.75, 3.05) is 6.54 Å². The van der Waals surface area contributed by atoms with Gasteiger partial charge in [-0.3, -0.25) is 10.2 Å². The molecule has 0 aliphatic heterocycles. The summed E-state index contributed by atoms with van der Waals surface area (Å²) >= 11 is 1.44. The molecule has 5 heteroatoms. The van der Waals surface area contributed by atoms with E-state index in [-0.39, 0.29) is 18.4 Å². The Balaban J connectivity index is 1.59. The van der Waals surface area contributed by atoms with Crippen molar-refractivity contribution < 1.29 is 9.63 Å². The summed E-state index contributed by atoms with van der Waals surface area (Å²) in [5.41, 5.74) is 3.79. The molecule has 1 aromatic rings. The summed E-state index contributed by atoms with van der Waals surface area (Å²) in [4.78, 5) is 16.6.